The molecule has 25 heavy (non-hydrogen) atoms. The van der Waals surface area contributed by atoms with Gasteiger partial charge in [0.05, 0.1) is 31.1 Å². The van der Waals surface area contributed by atoms with Crippen LogP contribution < -0.4 is 5.32 Å². The van der Waals surface area contributed by atoms with Crippen molar-refractivity contribution >= 4 is 11.6 Å². The molecule has 1 aromatic heterocycles. The SMILES string of the molecule is O=C(CCCOCc1ccccc1)Nc1cnn(C[C@@H]2CCCO2)c1. The fraction of sp³-hybridized carbons (Fsp3) is 0.474. The highest BCUT2D eigenvalue weighted by Gasteiger charge is 2.16. The van der Waals surface area contributed by atoms with Gasteiger partial charge in [0.1, 0.15) is 0 Å². The molecule has 0 aliphatic carbocycles. The summed E-state index contributed by atoms with van der Waals surface area (Å²) in [5, 5.41) is 7.15. The van der Waals surface area contributed by atoms with Crippen LogP contribution >= 0.6 is 0 Å². The number of ether oxygens (including phenoxy) is 2. The maximum atomic E-state index is 12.0. The molecule has 0 bridgehead atoms. The predicted octanol–water partition coefficient (Wildman–Crippen LogP) is 3.00. The minimum Gasteiger partial charge on any atom is -0.377 e. The van der Waals surface area contributed by atoms with Gasteiger partial charge in [0.2, 0.25) is 5.91 Å². The Bertz CT molecular complexity index is 651. The van der Waals surface area contributed by atoms with Crippen molar-refractivity contribution < 1.29 is 14.3 Å². The molecule has 1 aromatic carbocycles. The smallest absolute Gasteiger partial charge is 0.224 e. The van der Waals surface area contributed by atoms with E-state index in [0.29, 0.717) is 26.1 Å². The van der Waals surface area contributed by atoms with Gasteiger partial charge in [-0.2, -0.15) is 5.10 Å². The highest BCUT2D eigenvalue weighted by atomic mass is 16.5. The van der Waals surface area contributed by atoms with Gasteiger partial charge in [-0.1, -0.05) is 30.3 Å². The second-order valence-electron chi connectivity index (χ2n) is 6.28. The van der Waals surface area contributed by atoms with Gasteiger partial charge >= 0.3 is 0 Å². The zero-order valence-electron chi connectivity index (χ0n) is 14.4. The fourth-order valence-corrected chi connectivity index (χ4v) is 2.85. The molecule has 2 heterocycles. The summed E-state index contributed by atoms with van der Waals surface area (Å²) >= 11 is 0. The lowest BCUT2D eigenvalue weighted by Gasteiger charge is -2.08. The summed E-state index contributed by atoms with van der Waals surface area (Å²) in [5.41, 5.74) is 1.87. The van der Waals surface area contributed by atoms with Gasteiger partial charge in [-0.3, -0.25) is 9.48 Å². The molecule has 1 saturated heterocycles. The average molecular weight is 343 g/mol. The predicted molar refractivity (Wildman–Crippen MR) is 95.2 cm³/mol. The number of anilines is 1. The Balaban J connectivity index is 1.30. The van der Waals surface area contributed by atoms with Gasteiger partial charge in [0, 0.05) is 25.8 Å². The van der Waals surface area contributed by atoms with E-state index in [-0.39, 0.29) is 12.0 Å². The molecule has 1 N–H and O–H groups in total. The largest absolute Gasteiger partial charge is 0.377 e. The summed E-state index contributed by atoms with van der Waals surface area (Å²) in [6, 6.07) is 10.0. The number of rotatable bonds is 9. The van der Waals surface area contributed by atoms with Crippen LogP contribution in [-0.4, -0.2) is 35.0 Å². The van der Waals surface area contributed by atoms with Crippen LogP contribution in [0.1, 0.15) is 31.2 Å². The Morgan fingerprint density at radius 1 is 1.36 bits per heavy atom. The number of nitrogens with one attached hydrogen (secondary N) is 1. The van der Waals surface area contributed by atoms with Crippen molar-refractivity contribution in [2.45, 2.75) is 44.9 Å². The molecular formula is C19H25N3O3. The summed E-state index contributed by atoms with van der Waals surface area (Å²) in [6.45, 7) is 2.73. The van der Waals surface area contributed by atoms with Crippen molar-refractivity contribution in [3.63, 3.8) is 0 Å². The molecule has 134 valence electrons. The third-order valence-corrected chi connectivity index (χ3v) is 4.14. The third-order valence-electron chi connectivity index (χ3n) is 4.14. The molecule has 1 aliphatic rings. The summed E-state index contributed by atoms with van der Waals surface area (Å²) in [5.74, 6) is -0.0139. The van der Waals surface area contributed by atoms with Gasteiger partial charge in [0.25, 0.3) is 0 Å². The lowest BCUT2D eigenvalue weighted by molar-refractivity contribution is -0.116. The van der Waals surface area contributed by atoms with Crippen LogP contribution in [0.3, 0.4) is 0 Å². The molecule has 1 atom stereocenters. The summed E-state index contributed by atoms with van der Waals surface area (Å²) < 4.78 is 13.0. The highest BCUT2D eigenvalue weighted by molar-refractivity contribution is 5.90. The minimum atomic E-state index is -0.0139. The van der Waals surface area contributed by atoms with Gasteiger partial charge in [0.15, 0.2) is 0 Å². The molecule has 3 rings (SSSR count). The second-order valence-corrected chi connectivity index (χ2v) is 6.28. The lowest BCUT2D eigenvalue weighted by atomic mass is 10.2. The van der Waals surface area contributed by atoms with Crippen molar-refractivity contribution in [3.05, 3.63) is 48.3 Å². The molecule has 2 aromatic rings. The minimum absolute atomic E-state index is 0.0139. The zero-order chi connectivity index (χ0) is 17.3. The summed E-state index contributed by atoms with van der Waals surface area (Å²) in [6.07, 6.45) is 7.09. The number of hydrogen-bond acceptors (Lipinski definition) is 4. The van der Waals surface area contributed by atoms with E-state index in [1.165, 1.54) is 0 Å². The molecule has 6 heteroatoms. The molecule has 0 unspecified atom stereocenters. The fourth-order valence-electron chi connectivity index (χ4n) is 2.85. The third kappa shape index (κ3) is 5.99. The van der Waals surface area contributed by atoms with Crippen LogP contribution in [0.25, 0.3) is 0 Å². The van der Waals surface area contributed by atoms with Gasteiger partial charge in [-0.25, -0.2) is 0 Å². The topological polar surface area (TPSA) is 65.4 Å². The number of nitrogens with zero attached hydrogens (tertiary/aromatic N) is 2. The quantitative estimate of drug-likeness (QED) is 0.711. The maximum Gasteiger partial charge on any atom is 0.224 e. The first-order valence-electron chi connectivity index (χ1n) is 8.85. The summed E-state index contributed by atoms with van der Waals surface area (Å²) in [7, 11) is 0. The van der Waals surface area contributed by atoms with Crippen LogP contribution in [0.4, 0.5) is 5.69 Å². The van der Waals surface area contributed by atoms with Crippen LogP contribution in [0.15, 0.2) is 42.7 Å². The van der Waals surface area contributed by atoms with E-state index < -0.39 is 0 Å². The zero-order valence-corrected chi connectivity index (χ0v) is 14.4. The van der Waals surface area contributed by atoms with E-state index in [1.807, 2.05) is 41.2 Å². The first kappa shape index (κ1) is 17.6. The van der Waals surface area contributed by atoms with Gasteiger partial charge in [-0.05, 0) is 24.8 Å². The summed E-state index contributed by atoms with van der Waals surface area (Å²) in [4.78, 5) is 12.0. The van der Waals surface area contributed by atoms with E-state index in [1.54, 1.807) is 6.20 Å². The monoisotopic (exact) mass is 343 g/mol. The number of carbonyl (C=O) groups excluding carboxylic acids is 1. The molecule has 1 aliphatic heterocycles. The standard InChI is InChI=1S/C19H25N3O3/c23-19(9-5-10-24-15-16-6-2-1-3-7-16)21-17-12-20-22(13-17)14-18-8-4-11-25-18/h1-3,6-7,12-13,18H,4-5,8-11,14-15H2,(H,21,23)/t18-/m0/s1. The van der Waals surface area contributed by atoms with E-state index in [0.717, 1.165) is 37.2 Å². The number of carbonyl (C=O) groups is 1. The number of hydrogen-bond donors (Lipinski definition) is 1. The molecule has 1 amide bonds. The van der Waals surface area contributed by atoms with Crippen molar-refractivity contribution in [1.29, 1.82) is 0 Å². The molecule has 0 saturated carbocycles. The number of amides is 1. The Morgan fingerprint density at radius 2 is 2.24 bits per heavy atom. The van der Waals surface area contributed by atoms with Crippen LogP contribution in [-0.2, 0) is 27.4 Å². The van der Waals surface area contributed by atoms with Crippen molar-refractivity contribution in [1.82, 2.24) is 9.78 Å². The van der Waals surface area contributed by atoms with E-state index in [9.17, 15) is 4.79 Å². The Labute approximate surface area is 148 Å². The first-order chi connectivity index (χ1) is 12.3. The van der Waals surface area contributed by atoms with Gasteiger partial charge in [-0.15, -0.1) is 0 Å². The van der Waals surface area contributed by atoms with Gasteiger partial charge < -0.3 is 14.8 Å². The Kier molecular flexibility index (Phi) is 6.59. The molecule has 0 spiro atoms. The number of benzene rings is 1. The van der Waals surface area contributed by atoms with Crippen molar-refractivity contribution in [2.75, 3.05) is 18.5 Å². The maximum absolute atomic E-state index is 12.0. The van der Waals surface area contributed by atoms with E-state index >= 15 is 0 Å². The normalized spacial score (nSPS) is 16.9. The van der Waals surface area contributed by atoms with Crippen LogP contribution in [0.5, 0.6) is 0 Å². The highest BCUT2D eigenvalue weighted by Crippen LogP contribution is 2.15. The van der Waals surface area contributed by atoms with E-state index in [2.05, 4.69) is 10.4 Å². The van der Waals surface area contributed by atoms with Crippen LogP contribution in [0, 0.1) is 0 Å². The van der Waals surface area contributed by atoms with Crippen LogP contribution in [0.2, 0.25) is 0 Å². The van der Waals surface area contributed by atoms with E-state index in [4.69, 9.17) is 9.47 Å². The average Bonchev–Trinajstić information content (AvgIpc) is 3.28. The Hall–Kier alpha value is -2.18. The Morgan fingerprint density at radius 3 is 3.04 bits per heavy atom. The first-order valence-corrected chi connectivity index (χ1v) is 8.85. The molecule has 1 fully saturated rings. The molecular weight excluding hydrogens is 318 g/mol. The lowest BCUT2D eigenvalue weighted by Crippen LogP contribution is -2.15. The molecule has 0 radical (unpaired) electrons. The van der Waals surface area contributed by atoms with Crippen molar-refractivity contribution in [2.24, 2.45) is 0 Å². The molecule has 6 nitrogen and oxygen atoms in total. The van der Waals surface area contributed by atoms with Crippen molar-refractivity contribution in [3.8, 4) is 0 Å². The number of aromatic nitrogens is 2. The second kappa shape index (κ2) is 9.34.